The van der Waals surface area contributed by atoms with Crippen LogP contribution in [0.2, 0.25) is 0 Å². The number of carbonyl (C=O) groups excluding carboxylic acids is 2. The highest BCUT2D eigenvalue weighted by molar-refractivity contribution is 7.22. The molecule has 39 heavy (non-hydrogen) atoms. The molecule has 1 unspecified atom stereocenters. The third-order valence-corrected chi connectivity index (χ3v) is 7.92. The number of carbonyl (C=O) groups is 2. The number of aryl methyl sites for hydroxylation is 4. The van der Waals surface area contributed by atoms with Gasteiger partial charge in [0.2, 0.25) is 0 Å². The lowest BCUT2D eigenvalue weighted by Gasteiger charge is -2.24. The van der Waals surface area contributed by atoms with Crippen molar-refractivity contribution in [3.63, 3.8) is 0 Å². The minimum atomic E-state index is -0.920. The third-order valence-electron chi connectivity index (χ3n) is 6.92. The number of benzene rings is 3. The highest BCUT2D eigenvalue weighted by atomic mass is 32.1. The minimum Gasteiger partial charge on any atom is -0.507 e. The van der Waals surface area contributed by atoms with E-state index in [1.54, 1.807) is 18.2 Å². The first-order chi connectivity index (χ1) is 18.6. The maximum absolute atomic E-state index is 13.7. The molecule has 2 heterocycles. The van der Waals surface area contributed by atoms with Gasteiger partial charge in [-0.15, -0.1) is 0 Å². The van der Waals surface area contributed by atoms with Crippen molar-refractivity contribution in [2.75, 3.05) is 18.6 Å². The molecular weight excluding hydrogens is 512 g/mol. The SMILES string of the molecule is CCOc1ccc(C2/C(=C(\O)c3cc(C)ccc3C)C(=O)C(=O)N2c2nc3c(C)cc(C)cc3s2)cc1OC. The molecule has 1 aliphatic rings. The van der Waals surface area contributed by atoms with Crippen LogP contribution in [0.15, 0.2) is 54.1 Å². The number of hydrogen-bond acceptors (Lipinski definition) is 7. The Hall–Kier alpha value is -4.17. The van der Waals surface area contributed by atoms with E-state index in [-0.39, 0.29) is 11.3 Å². The molecule has 3 aromatic carbocycles. The van der Waals surface area contributed by atoms with Gasteiger partial charge in [-0.25, -0.2) is 4.98 Å². The van der Waals surface area contributed by atoms with Crippen molar-refractivity contribution < 1.29 is 24.2 Å². The molecular formula is C31H30N2O5S. The normalized spacial score (nSPS) is 16.8. The van der Waals surface area contributed by atoms with E-state index < -0.39 is 17.7 Å². The number of methoxy groups -OCH3 is 1. The number of amides is 1. The largest absolute Gasteiger partial charge is 0.507 e. The van der Waals surface area contributed by atoms with Crippen LogP contribution >= 0.6 is 11.3 Å². The molecule has 8 heteroatoms. The van der Waals surface area contributed by atoms with Crippen molar-refractivity contribution in [3.8, 4) is 11.5 Å². The summed E-state index contributed by atoms with van der Waals surface area (Å²) in [6.07, 6.45) is 0. The number of fused-ring (bicyclic) bond motifs is 1. The van der Waals surface area contributed by atoms with E-state index >= 15 is 0 Å². The zero-order valence-electron chi connectivity index (χ0n) is 22.8. The van der Waals surface area contributed by atoms with Gasteiger partial charge < -0.3 is 14.6 Å². The Kier molecular flexibility index (Phi) is 6.91. The lowest BCUT2D eigenvalue weighted by Crippen LogP contribution is -2.29. The van der Waals surface area contributed by atoms with Gasteiger partial charge in [-0.05, 0) is 81.1 Å². The molecule has 1 amide bonds. The number of aliphatic hydroxyl groups is 1. The Balaban J connectivity index is 1.78. The lowest BCUT2D eigenvalue weighted by atomic mass is 9.93. The van der Waals surface area contributed by atoms with Crippen LogP contribution in [0.5, 0.6) is 11.5 Å². The lowest BCUT2D eigenvalue weighted by molar-refractivity contribution is -0.132. The summed E-state index contributed by atoms with van der Waals surface area (Å²) >= 11 is 1.35. The number of ketones is 1. The number of aromatic nitrogens is 1. The first-order valence-electron chi connectivity index (χ1n) is 12.7. The predicted molar refractivity (Wildman–Crippen MR) is 154 cm³/mol. The van der Waals surface area contributed by atoms with Crippen molar-refractivity contribution in [2.24, 2.45) is 0 Å². The van der Waals surface area contributed by atoms with Crippen LogP contribution in [0, 0.1) is 27.7 Å². The third kappa shape index (κ3) is 4.55. The molecule has 0 radical (unpaired) electrons. The van der Waals surface area contributed by atoms with Crippen LogP contribution in [-0.4, -0.2) is 35.5 Å². The Labute approximate surface area is 231 Å². The summed E-state index contributed by atoms with van der Waals surface area (Å²) in [4.78, 5) is 33.5. The zero-order valence-corrected chi connectivity index (χ0v) is 23.6. The quantitative estimate of drug-likeness (QED) is 0.169. The van der Waals surface area contributed by atoms with Crippen LogP contribution < -0.4 is 14.4 Å². The molecule has 4 aromatic rings. The molecule has 0 aliphatic carbocycles. The van der Waals surface area contributed by atoms with Crippen LogP contribution in [0.4, 0.5) is 5.13 Å². The molecule has 7 nitrogen and oxygen atoms in total. The molecule has 1 N–H and O–H groups in total. The van der Waals surface area contributed by atoms with E-state index in [0.717, 1.165) is 32.5 Å². The molecule has 5 rings (SSSR count). The number of anilines is 1. The fourth-order valence-electron chi connectivity index (χ4n) is 5.07. The van der Waals surface area contributed by atoms with Gasteiger partial charge in [0.25, 0.3) is 5.78 Å². The summed E-state index contributed by atoms with van der Waals surface area (Å²) in [5.41, 5.74) is 5.66. The number of rotatable bonds is 6. The van der Waals surface area contributed by atoms with Gasteiger partial charge in [0, 0.05) is 5.56 Å². The highest BCUT2D eigenvalue weighted by Gasteiger charge is 2.48. The van der Waals surface area contributed by atoms with Crippen molar-refractivity contribution in [3.05, 3.63) is 87.5 Å². The molecule has 0 saturated carbocycles. The summed E-state index contributed by atoms with van der Waals surface area (Å²) in [5, 5.41) is 12.0. The second kappa shape index (κ2) is 10.2. The van der Waals surface area contributed by atoms with Gasteiger partial charge in [0.1, 0.15) is 5.76 Å². The summed E-state index contributed by atoms with van der Waals surface area (Å²) < 4.78 is 12.2. The number of hydrogen-bond donors (Lipinski definition) is 1. The molecule has 1 fully saturated rings. The van der Waals surface area contributed by atoms with Crippen LogP contribution in [0.25, 0.3) is 16.0 Å². The summed E-state index contributed by atoms with van der Waals surface area (Å²) in [5.74, 6) is -0.724. The summed E-state index contributed by atoms with van der Waals surface area (Å²) in [6.45, 7) is 10.1. The monoisotopic (exact) mass is 542 g/mol. The predicted octanol–water partition coefficient (Wildman–Crippen LogP) is 6.56. The molecule has 1 saturated heterocycles. The molecule has 1 atom stereocenters. The van der Waals surface area contributed by atoms with E-state index in [0.29, 0.717) is 34.4 Å². The second-order valence-corrected chi connectivity index (χ2v) is 10.8. The topological polar surface area (TPSA) is 89.0 Å². The molecule has 1 aliphatic heterocycles. The number of nitrogens with zero attached hydrogens (tertiary/aromatic N) is 2. The van der Waals surface area contributed by atoms with Crippen LogP contribution in [0.1, 0.15) is 46.3 Å². The van der Waals surface area contributed by atoms with Gasteiger partial charge in [0.05, 0.1) is 35.5 Å². The molecule has 200 valence electrons. The van der Waals surface area contributed by atoms with E-state index in [9.17, 15) is 14.7 Å². The zero-order chi connectivity index (χ0) is 28.0. The number of ether oxygens (including phenoxy) is 2. The van der Waals surface area contributed by atoms with E-state index in [2.05, 4.69) is 0 Å². The number of thiazole rings is 1. The average Bonchev–Trinajstić information content (AvgIpc) is 3.44. The first-order valence-corrected chi connectivity index (χ1v) is 13.5. The van der Waals surface area contributed by atoms with Gasteiger partial charge in [0.15, 0.2) is 16.6 Å². The number of Topliss-reactive ketones (excluding diaryl/α,β-unsaturated/α-hetero) is 1. The van der Waals surface area contributed by atoms with E-state index in [1.165, 1.54) is 23.3 Å². The van der Waals surface area contributed by atoms with Crippen molar-refractivity contribution in [2.45, 2.75) is 40.7 Å². The van der Waals surface area contributed by atoms with Gasteiger partial charge in [-0.3, -0.25) is 14.5 Å². The van der Waals surface area contributed by atoms with Crippen LogP contribution in [0.3, 0.4) is 0 Å². The Morgan fingerprint density at radius 2 is 1.74 bits per heavy atom. The Morgan fingerprint density at radius 1 is 0.974 bits per heavy atom. The van der Waals surface area contributed by atoms with Gasteiger partial charge in [-0.1, -0.05) is 41.2 Å². The average molecular weight is 543 g/mol. The standard InChI is InChI=1S/C31H30N2O5S/c1-7-38-22-11-10-20(15-23(22)37-6)27-25(28(34)21-13-16(2)8-9-18(21)4)29(35)30(36)33(27)31-32-26-19(5)12-17(3)14-24(26)39-31/h8-15,27,34H,7H2,1-6H3/b28-25+. The van der Waals surface area contributed by atoms with E-state index in [4.69, 9.17) is 14.5 Å². The fraction of sp³-hybridized carbons (Fsp3) is 0.258. The van der Waals surface area contributed by atoms with Crippen molar-refractivity contribution in [1.29, 1.82) is 0 Å². The highest BCUT2D eigenvalue weighted by Crippen LogP contribution is 2.46. The summed E-state index contributed by atoms with van der Waals surface area (Å²) in [7, 11) is 1.54. The first kappa shape index (κ1) is 26.4. The van der Waals surface area contributed by atoms with Gasteiger partial charge >= 0.3 is 5.91 Å². The van der Waals surface area contributed by atoms with Crippen LogP contribution in [-0.2, 0) is 9.59 Å². The van der Waals surface area contributed by atoms with E-state index in [1.807, 2.05) is 65.0 Å². The molecule has 1 aromatic heterocycles. The second-order valence-electron chi connectivity index (χ2n) is 9.76. The number of aliphatic hydroxyl groups excluding tert-OH is 1. The summed E-state index contributed by atoms with van der Waals surface area (Å²) in [6, 6.07) is 14.1. The maximum Gasteiger partial charge on any atom is 0.301 e. The molecule has 0 bridgehead atoms. The smallest absolute Gasteiger partial charge is 0.301 e. The minimum absolute atomic E-state index is 0.00655. The van der Waals surface area contributed by atoms with Crippen molar-refractivity contribution in [1.82, 2.24) is 4.98 Å². The Bertz CT molecular complexity index is 1670. The Morgan fingerprint density at radius 3 is 2.46 bits per heavy atom. The fourth-order valence-corrected chi connectivity index (χ4v) is 6.24. The molecule has 0 spiro atoms. The maximum atomic E-state index is 13.7. The van der Waals surface area contributed by atoms with Gasteiger partial charge in [-0.2, -0.15) is 0 Å². The van der Waals surface area contributed by atoms with Crippen molar-refractivity contribution >= 4 is 44.1 Å².